The summed E-state index contributed by atoms with van der Waals surface area (Å²) in [5.41, 5.74) is 8.83. The Morgan fingerprint density at radius 1 is 0.743 bits per heavy atom. The van der Waals surface area contributed by atoms with E-state index in [-0.39, 0.29) is 5.75 Å². The van der Waals surface area contributed by atoms with Crippen molar-refractivity contribution in [1.82, 2.24) is 15.8 Å². The maximum absolute atomic E-state index is 11.4. The number of hydrogen-bond acceptors (Lipinski definition) is 5. The number of nitrogens with zero attached hydrogens (tertiary/aromatic N) is 2. The van der Waals surface area contributed by atoms with Crippen LogP contribution in [0.25, 0.3) is 22.2 Å². The third-order valence-corrected chi connectivity index (χ3v) is 5.12. The number of pyridine rings is 1. The van der Waals surface area contributed by atoms with Gasteiger partial charge in [-0.05, 0) is 36.4 Å². The van der Waals surface area contributed by atoms with Gasteiger partial charge in [-0.2, -0.15) is 0 Å². The Morgan fingerprint density at radius 3 is 1.83 bits per heavy atom. The Kier molecular flexibility index (Phi) is 7.52. The van der Waals surface area contributed by atoms with Gasteiger partial charge in [0.2, 0.25) is 0 Å². The number of urea groups is 1. The van der Waals surface area contributed by atoms with Gasteiger partial charge < -0.3 is 5.11 Å². The van der Waals surface area contributed by atoms with Gasteiger partial charge in [0, 0.05) is 10.9 Å². The van der Waals surface area contributed by atoms with Crippen molar-refractivity contribution >= 4 is 28.3 Å². The number of aromatic nitrogens is 1. The number of hydrogen-bond donors (Lipinski definition) is 4. The molecule has 35 heavy (non-hydrogen) atoms. The summed E-state index contributed by atoms with van der Waals surface area (Å²) in [6.45, 7) is 0. The van der Waals surface area contributed by atoms with Crippen LogP contribution in [0.15, 0.2) is 121 Å². The number of para-hydroxylation sites is 3. The minimum absolute atomic E-state index is 0.218. The minimum atomic E-state index is -0.484. The molecular weight excluding hydrogens is 438 g/mol. The van der Waals surface area contributed by atoms with E-state index in [1.54, 1.807) is 11.1 Å². The van der Waals surface area contributed by atoms with Crippen LogP contribution in [0.3, 0.4) is 0 Å². The topological polar surface area (TPSA) is 104 Å². The molecular formula is C28H25N5O2. The first-order valence-corrected chi connectivity index (χ1v) is 11.0. The number of amides is 2. The molecule has 0 fully saturated rings. The number of carbonyl (C=O) groups is 1. The number of nitrogens with one attached hydrogen (secondary N) is 2. The van der Waals surface area contributed by atoms with Crippen molar-refractivity contribution in [3.05, 3.63) is 121 Å². The van der Waals surface area contributed by atoms with E-state index in [1.807, 2.05) is 121 Å². The first-order valence-electron chi connectivity index (χ1n) is 11.0. The quantitative estimate of drug-likeness (QED) is 0.160. The normalized spacial score (nSPS) is 10.1. The van der Waals surface area contributed by atoms with E-state index in [4.69, 9.17) is 5.84 Å². The molecule has 0 aliphatic carbocycles. The van der Waals surface area contributed by atoms with Crippen LogP contribution in [0.5, 0.6) is 5.75 Å². The second kappa shape index (κ2) is 11.3. The summed E-state index contributed by atoms with van der Waals surface area (Å²) in [6, 6.07) is 37.7. The van der Waals surface area contributed by atoms with Gasteiger partial charge in [-0.1, -0.05) is 84.9 Å². The summed E-state index contributed by atoms with van der Waals surface area (Å²) in [7, 11) is 0. The molecule has 0 aliphatic heterocycles. The summed E-state index contributed by atoms with van der Waals surface area (Å²) >= 11 is 0. The molecule has 7 nitrogen and oxygen atoms in total. The second-order valence-electron chi connectivity index (χ2n) is 7.51. The predicted octanol–water partition coefficient (Wildman–Crippen LogP) is 5.52. The molecule has 5 aromatic rings. The van der Waals surface area contributed by atoms with Crippen molar-refractivity contribution in [2.24, 2.45) is 5.84 Å². The van der Waals surface area contributed by atoms with E-state index in [9.17, 15) is 9.90 Å². The van der Waals surface area contributed by atoms with Crippen molar-refractivity contribution in [3.63, 3.8) is 0 Å². The average molecular weight is 464 g/mol. The Bertz CT molecular complexity index is 1340. The summed E-state index contributed by atoms with van der Waals surface area (Å²) in [6.07, 6.45) is 0. The summed E-state index contributed by atoms with van der Waals surface area (Å²) in [5, 5.41) is 12.6. The molecule has 4 aromatic carbocycles. The van der Waals surface area contributed by atoms with Crippen molar-refractivity contribution in [2.45, 2.75) is 0 Å². The molecule has 0 atom stereocenters. The monoisotopic (exact) mass is 463 g/mol. The highest BCUT2D eigenvalue weighted by molar-refractivity contribution is 5.84. The van der Waals surface area contributed by atoms with E-state index in [0.29, 0.717) is 5.69 Å². The maximum Gasteiger partial charge on any atom is 0.348 e. The highest BCUT2D eigenvalue weighted by Gasteiger charge is 2.11. The van der Waals surface area contributed by atoms with E-state index < -0.39 is 6.03 Å². The lowest BCUT2D eigenvalue weighted by Crippen LogP contribution is -2.47. The smallest absolute Gasteiger partial charge is 0.348 e. The number of aromatic hydroxyl groups is 1. The number of rotatable bonds is 4. The first-order chi connectivity index (χ1) is 17.2. The number of carbonyl (C=O) groups excluding carboxylic acids is 1. The Hall–Kier alpha value is -4.88. The zero-order valence-corrected chi connectivity index (χ0v) is 18.9. The molecule has 174 valence electrons. The number of hydrazine groups is 2. The van der Waals surface area contributed by atoms with Crippen LogP contribution in [-0.4, -0.2) is 16.1 Å². The van der Waals surface area contributed by atoms with Gasteiger partial charge in [0.15, 0.2) is 0 Å². The molecule has 2 amide bonds. The van der Waals surface area contributed by atoms with Crippen LogP contribution in [0.1, 0.15) is 0 Å². The van der Waals surface area contributed by atoms with Crippen molar-refractivity contribution in [3.8, 4) is 17.0 Å². The van der Waals surface area contributed by atoms with Gasteiger partial charge in [0.1, 0.15) is 11.4 Å². The van der Waals surface area contributed by atoms with Crippen molar-refractivity contribution < 1.29 is 9.90 Å². The highest BCUT2D eigenvalue weighted by atomic mass is 16.3. The molecule has 0 saturated heterocycles. The number of fused-ring (bicyclic) bond motifs is 1. The third kappa shape index (κ3) is 5.93. The van der Waals surface area contributed by atoms with Crippen LogP contribution in [0, 0.1) is 0 Å². The van der Waals surface area contributed by atoms with E-state index in [1.165, 1.54) is 0 Å². The first kappa shape index (κ1) is 23.3. The lowest BCUT2D eigenvalue weighted by molar-refractivity contribution is 0.241. The van der Waals surface area contributed by atoms with Gasteiger partial charge in [0.05, 0.1) is 16.9 Å². The van der Waals surface area contributed by atoms with Crippen LogP contribution < -0.4 is 21.7 Å². The number of benzene rings is 4. The molecule has 5 N–H and O–H groups in total. The van der Waals surface area contributed by atoms with E-state index in [0.717, 1.165) is 27.8 Å². The zero-order chi connectivity index (χ0) is 24.5. The predicted molar refractivity (Wildman–Crippen MR) is 140 cm³/mol. The molecule has 1 heterocycles. The van der Waals surface area contributed by atoms with Crippen LogP contribution in [0.2, 0.25) is 0 Å². The van der Waals surface area contributed by atoms with Gasteiger partial charge in [-0.15, -0.1) is 0 Å². The van der Waals surface area contributed by atoms with E-state index >= 15 is 0 Å². The van der Waals surface area contributed by atoms with Gasteiger partial charge in [0.25, 0.3) is 0 Å². The molecule has 0 radical (unpaired) electrons. The van der Waals surface area contributed by atoms with Gasteiger partial charge >= 0.3 is 6.03 Å². The lowest BCUT2D eigenvalue weighted by Gasteiger charge is -2.24. The fourth-order valence-electron chi connectivity index (χ4n) is 3.48. The second-order valence-corrected chi connectivity index (χ2v) is 7.51. The van der Waals surface area contributed by atoms with Crippen LogP contribution >= 0.6 is 0 Å². The van der Waals surface area contributed by atoms with Gasteiger partial charge in [-0.3, -0.25) is 10.4 Å². The SMILES string of the molecule is NNC(=O)NN(c1ccccc1)c1ccccc1.Oc1cc2ccccc2nc1-c1ccccc1. The molecule has 0 aliphatic rings. The molecule has 0 saturated carbocycles. The molecule has 7 heteroatoms. The van der Waals surface area contributed by atoms with E-state index in [2.05, 4.69) is 10.4 Å². The average Bonchev–Trinajstić information content (AvgIpc) is 2.93. The summed E-state index contributed by atoms with van der Waals surface area (Å²) < 4.78 is 0. The zero-order valence-electron chi connectivity index (χ0n) is 18.9. The Labute approximate surface area is 203 Å². The Morgan fingerprint density at radius 2 is 1.26 bits per heavy atom. The highest BCUT2D eigenvalue weighted by Crippen LogP contribution is 2.30. The van der Waals surface area contributed by atoms with Crippen molar-refractivity contribution in [2.75, 3.05) is 5.01 Å². The number of anilines is 2. The maximum atomic E-state index is 11.4. The lowest BCUT2D eigenvalue weighted by atomic mass is 10.1. The van der Waals surface area contributed by atoms with Crippen LogP contribution in [-0.2, 0) is 0 Å². The molecule has 0 spiro atoms. The standard InChI is InChI=1S/C15H11NO.C13H14N4O/c17-14-10-12-8-4-5-9-13(12)16-15(14)11-6-2-1-3-7-11;14-15-13(18)16-17(11-7-3-1-4-8-11)12-9-5-2-6-10-12/h1-10,17H;1-10H,14H2,(H2,15,16,18). The largest absolute Gasteiger partial charge is 0.506 e. The third-order valence-electron chi connectivity index (χ3n) is 5.12. The summed E-state index contributed by atoms with van der Waals surface area (Å²) in [5.74, 6) is 5.31. The molecule has 1 aromatic heterocycles. The summed E-state index contributed by atoms with van der Waals surface area (Å²) in [4.78, 5) is 15.9. The van der Waals surface area contributed by atoms with Crippen molar-refractivity contribution in [1.29, 1.82) is 0 Å². The van der Waals surface area contributed by atoms with Gasteiger partial charge in [-0.25, -0.2) is 21.0 Å². The fraction of sp³-hybridized carbons (Fsp3) is 0. The minimum Gasteiger partial charge on any atom is -0.506 e. The Balaban J connectivity index is 0.000000165. The molecule has 0 bridgehead atoms. The van der Waals surface area contributed by atoms with Crippen LogP contribution in [0.4, 0.5) is 16.2 Å². The molecule has 0 unspecified atom stereocenters. The molecule has 5 rings (SSSR count). The number of nitrogens with two attached hydrogens (primary N) is 1. The fourth-order valence-corrected chi connectivity index (χ4v) is 3.48.